The maximum atomic E-state index is 8.79. The highest BCUT2D eigenvalue weighted by Crippen LogP contribution is 2.20. The third-order valence-electron chi connectivity index (χ3n) is 3.76. The zero-order chi connectivity index (χ0) is 14.5. The fraction of sp³-hybridized carbons (Fsp3) is 0.278. The first-order valence-electron chi connectivity index (χ1n) is 7.26. The second-order valence-corrected chi connectivity index (χ2v) is 5.39. The summed E-state index contributed by atoms with van der Waals surface area (Å²) in [5, 5.41) is 8.79. The van der Waals surface area contributed by atoms with Crippen molar-refractivity contribution in [3.8, 4) is 11.8 Å². The Morgan fingerprint density at radius 2 is 1.86 bits per heavy atom. The van der Waals surface area contributed by atoms with E-state index in [-0.39, 0.29) is 6.10 Å². The Kier molecular flexibility index (Phi) is 4.18. The highest BCUT2D eigenvalue weighted by Gasteiger charge is 2.23. The van der Waals surface area contributed by atoms with Crippen molar-refractivity contribution < 1.29 is 4.74 Å². The largest absolute Gasteiger partial charge is 0.489 e. The summed E-state index contributed by atoms with van der Waals surface area (Å²) < 4.78 is 5.99. The summed E-state index contributed by atoms with van der Waals surface area (Å²) in [5.74, 6) is 0.848. The zero-order valence-corrected chi connectivity index (χ0v) is 11.9. The van der Waals surface area contributed by atoms with Crippen LogP contribution in [0, 0.1) is 11.3 Å². The molecule has 3 rings (SSSR count). The average Bonchev–Trinajstić information content (AvgIpc) is 2.96. The van der Waals surface area contributed by atoms with Gasteiger partial charge in [-0.25, -0.2) is 0 Å². The van der Waals surface area contributed by atoms with Crippen molar-refractivity contribution in [2.45, 2.75) is 19.1 Å². The summed E-state index contributed by atoms with van der Waals surface area (Å²) in [6.07, 6.45) is 1.29. The zero-order valence-electron chi connectivity index (χ0n) is 11.9. The molecular formula is C18H18N2O. The van der Waals surface area contributed by atoms with Gasteiger partial charge in [-0.3, -0.25) is 4.90 Å². The molecule has 0 aliphatic carbocycles. The number of nitrogens with zero attached hydrogens (tertiary/aromatic N) is 2. The number of benzene rings is 2. The van der Waals surface area contributed by atoms with Crippen molar-refractivity contribution >= 4 is 0 Å². The number of nitriles is 1. The van der Waals surface area contributed by atoms with Crippen LogP contribution in [0.4, 0.5) is 0 Å². The van der Waals surface area contributed by atoms with Crippen LogP contribution in [0.3, 0.4) is 0 Å². The van der Waals surface area contributed by atoms with Gasteiger partial charge < -0.3 is 4.74 Å². The predicted octanol–water partition coefficient (Wildman–Crippen LogP) is 3.21. The van der Waals surface area contributed by atoms with Crippen molar-refractivity contribution in [2.24, 2.45) is 0 Å². The normalized spacial score (nSPS) is 18.3. The number of likely N-dealkylation sites (tertiary alicyclic amines) is 1. The molecule has 1 unspecified atom stereocenters. The molecule has 0 N–H and O–H groups in total. The summed E-state index contributed by atoms with van der Waals surface area (Å²) in [4.78, 5) is 2.42. The van der Waals surface area contributed by atoms with Crippen LogP contribution in [-0.2, 0) is 6.54 Å². The van der Waals surface area contributed by atoms with Gasteiger partial charge in [-0.15, -0.1) is 0 Å². The summed E-state index contributed by atoms with van der Waals surface area (Å²) in [5.41, 5.74) is 2.01. The number of rotatable bonds is 4. The number of hydrogen-bond acceptors (Lipinski definition) is 3. The molecule has 0 saturated carbocycles. The molecule has 1 aliphatic rings. The molecule has 0 bridgehead atoms. The Morgan fingerprint density at radius 1 is 1.10 bits per heavy atom. The van der Waals surface area contributed by atoms with Crippen LogP contribution in [-0.4, -0.2) is 24.1 Å². The van der Waals surface area contributed by atoms with E-state index in [0.717, 1.165) is 31.8 Å². The van der Waals surface area contributed by atoms with Crippen molar-refractivity contribution in [3.63, 3.8) is 0 Å². The lowest BCUT2D eigenvalue weighted by Gasteiger charge is -2.17. The van der Waals surface area contributed by atoms with E-state index in [4.69, 9.17) is 10.00 Å². The summed E-state index contributed by atoms with van der Waals surface area (Å²) >= 11 is 0. The SMILES string of the molecule is N#Cc1ccc(OC2CCN(Cc3ccccc3)C2)cc1. The van der Waals surface area contributed by atoms with E-state index < -0.39 is 0 Å². The van der Waals surface area contributed by atoms with Gasteiger partial charge >= 0.3 is 0 Å². The number of hydrogen-bond donors (Lipinski definition) is 0. The maximum Gasteiger partial charge on any atom is 0.119 e. The lowest BCUT2D eigenvalue weighted by molar-refractivity contribution is 0.198. The van der Waals surface area contributed by atoms with E-state index in [2.05, 4.69) is 35.2 Å². The van der Waals surface area contributed by atoms with Crippen molar-refractivity contribution in [3.05, 3.63) is 65.7 Å². The molecule has 2 aromatic carbocycles. The Balaban J connectivity index is 1.53. The van der Waals surface area contributed by atoms with Crippen LogP contribution in [0.15, 0.2) is 54.6 Å². The quantitative estimate of drug-likeness (QED) is 0.861. The van der Waals surface area contributed by atoms with Gasteiger partial charge in [0.05, 0.1) is 11.6 Å². The Labute approximate surface area is 125 Å². The van der Waals surface area contributed by atoms with Gasteiger partial charge in [-0.1, -0.05) is 30.3 Å². The summed E-state index contributed by atoms with van der Waals surface area (Å²) in [6, 6.07) is 20.0. The smallest absolute Gasteiger partial charge is 0.119 e. The second kappa shape index (κ2) is 6.43. The third-order valence-corrected chi connectivity index (χ3v) is 3.76. The molecule has 106 valence electrons. The van der Waals surface area contributed by atoms with Gasteiger partial charge in [0.15, 0.2) is 0 Å². The highest BCUT2D eigenvalue weighted by molar-refractivity contribution is 5.34. The van der Waals surface area contributed by atoms with Crippen molar-refractivity contribution in [1.82, 2.24) is 4.90 Å². The van der Waals surface area contributed by atoms with Gasteiger partial charge in [0, 0.05) is 19.6 Å². The molecule has 0 spiro atoms. The molecule has 1 saturated heterocycles. The Morgan fingerprint density at radius 3 is 2.57 bits per heavy atom. The Bertz CT molecular complexity index is 616. The molecule has 3 heteroatoms. The first-order chi connectivity index (χ1) is 10.3. The fourth-order valence-electron chi connectivity index (χ4n) is 2.68. The van der Waals surface area contributed by atoms with Crippen LogP contribution in [0.1, 0.15) is 17.5 Å². The topological polar surface area (TPSA) is 36.3 Å². The predicted molar refractivity (Wildman–Crippen MR) is 81.9 cm³/mol. The fourth-order valence-corrected chi connectivity index (χ4v) is 2.68. The Hall–Kier alpha value is -2.31. The molecule has 1 fully saturated rings. The first kappa shape index (κ1) is 13.7. The monoisotopic (exact) mass is 278 g/mol. The summed E-state index contributed by atoms with van der Waals surface area (Å²) in [6.45, 7) is 3.00. The highest BCUT2D eigenvalue weighted by atomic mass is 16.5. The number of ether oxygens (including phenoxy) is 1. The molecule has 1 heterocycles. The lowest BCUT2D eigenvalue weighted by Crippen LogP contribution is -2.24. The molecule has 3 nitrogen and oxygen atoms in total. The van der Waals surface area contributed by atoms with E-state index >= 15 is 0 Å². The first-order valence-corrected chi connectivity index (χ1v) is 7.26. The van der Waals surface area contributed by atoms with Gasteiger partial charge in [0.1, 0.15) is 11.9 Å². The standard InChI is InChI=1S/C18H18N2O/c19-12-15-6-8-17(9-7-15)21-18-10-11-20(14-18)13-16-4-2-1-3-5-16/h1-9,18H,10-11,13-14H2. The van der Waals surface area contributed by atoms with Crippen LogP contribution in [0.5, 0.6) is 5.75 Å². The minimum Gasteiger partial charge on any atom is -0.489 e. The van der Waals surface area contributed by atoms with E-state index in [1.165, 1.54) is 5.56 Å². The van der Waals surface area contributed by atoms with Gasteiger partial charge in [-0.2, -0.15) is 5.26 Å². The van der Waals surface area contributed by atoms with Crippen molar-refractivity contribution in [2.75, 3.05) is 13.1 Å². The van der Waals surface area contributed by atoms with Crippen LogP contribution >= 0.6 is 0 Å². The molecule has 0 radical (unpaired) electrons. The van der Waals surface area contributed by atoms with Crippen LogP contribution in [0.2, 0.25) is 0 Å². The molecule has 1 atom stereocenters. The minimum atomic E-state index is 0.238. The molecule has 1 aliphatic heterocycles. The van der Waals surface area contributed by atoms with E-state index in [9.17, 15) is 0 Å². The maximum absolute atomic E-state index is 8.79. The summed E-state index contributed by atoms with van der Waals surface area (Å²) in [7, 11) is 0. The third kappa shape index (κ3) is 3.62. The van der Waals surface area contributed by atoms with E-state index in [1.54, 1.807) is 12.1 Å². The van der Waals surface area contributed by atoms with Gasteiger partial charge in [0.25, 0.3) is 0 Å². The lowest BCUT2D eigenvalue weighted by atomic mass is 10.2. The molecule has 21 heavy (non-hydrogen) atoms. The van der Waals surface area contributed by atoms with E-state index in [1.807, 2.05) is 18.2 Å². The minimum absolute atomic E-state index is 0.238. The van der Waals surface area contributed by atoms with Crippen molar-refractivity contribution in [1.29, 1.82) is 5.26 Å². The molecule has 0 aromatic heterocycles. The molecule has 2 aromatic rings. The van der Waals surface area contributed by atoms with Gasteiger partial charge in [0.2, 0.25) is 0 Å². The second-order valence-electron chi connectivity index (χ2n) is 5.39. The average molecular weight is 278 g/mol. The molecular weight excluding hydrogens is 260 g/mol. The van der Waals surface area contributed by atoms with Gasteiger partial charge in [-0.05, 0) is 36.2 Å². The van der Waals surface area contributed by atoms with Crippen LogP contribution in [0.25, 0.3) is 0 Å². The van der Waals surface area contributed by atoms with E-state index in [0.29, 0.717) is 5.56 Å². The van der Waals surface area contributed by atoms with Crippen LogP contribution < -0.4 is 4.74 Å². The molecule has 0 amide bonds.